The van der Waals surface area contributed by atoms with E-state index >= 15 is 0 Å². The summed E-state index contributed by atoms with van der Waals surface area (Å²) in [6.07, 6.45) is 1.81. The summed E-state index contributed by atoms with van der Waals surface area (Å²) in [5.41, 5.74) is 8.58. The highest BCUT2D eigenvalue weighted by atomic mass is 16.2. The Hall–Kier alpha value is -3.15. The number of hydrogen-bond acceptors (Lipinski definition) is 3. The number of H-pyrrole nitrogens is 1. The number of imidazole rings is 1. The van der Waals surface area contributed by atoms with Crippen LogP contribution in [0, 0.1) is 0 Å². The summed E-state index contributed by atoms with van der Waals surface area (Å²) >= 11 is 0. The van der Waals surface area contributed by atoms with Crippen LogP contribution in [0.5, 0.6) is 0 Å². The van der Waals surface area contributed by atoms with Crippen LogP contribution >= 0.6 is 0 Å². The van der Waals surface area contributed by atoms with Crippen molar-refractivity contribution >= 4 is 28.5 Å². The Bertz CT molecular complexity index is 854. The molecule has 0 aliphatic carbocycles. The van der Waals surface area contributed by atoms with E-state index in [1.165, 1.54) is 0 Å². The molecule has 0 fully saturated rings. The Kier molecular flexibility index (Phi) is 3.57. The zero-order valence-corrected chi connectivity index (χ0v) is 11.7. The number of anilines is 1. The molecule has 0 unspecified atom stereocenters. The molecule has 110 valence electrons. The maximum absolute atomic E-state index is 12.1. The average Bonchev–Trinajstić information content (AvgIpc) is 2.95. The Morgan fingerprint density at radius 3 is 2.82 bits per heavy atom. The number of primary amides is 1. The molecule has 2 aromatic carbocycles. The molecular weight excluding hydrogens is 280 g/mol. The van der Waals surface area contributed by atoms with Gasteiger partial charge in [0, 0.05) is 0 Å². The molecule has 3 rings (SSSR count). The Balaban J connectivity index is 1.76. The number of nitrogens with zero attached hydrogens (tertiary/aromatic N) is 1. The van der Waals surface area contributed by atoms with Gasteiger partial charge in [-0.25, -0.2) is 4.98 Å². The number of fused-ring (bicyclic) bond motifs is 1. The smallest absolute Gasteiger partial charge is 0.250 e. The molecule has 0 atom stereocenters. The molecule has 0 saturated heterocycles. The van der Waals surface area contributed by atoms with E-state index in [9.17, 15) is 9.59 Å². The third kappa shape index (κ3) is 2.80. The van der Waals surface area contributed by atoms with E-state index in [1.54, 1.807) is 30.6 Å². The number of nitrogens with two attached hydrogens (primary N) is 1. The van der Waals surface area contributed by atoms with Crippen molar-refractivity contribution in [1.29, 1.82) is 0 Å². The number of carbonyl (C=O) groups excluding carboxylic acids is 2. The van der Waals surface area contributed by atoms with E-state index in [-0.39, 0.29) is 12.3 Å². The third-order valence-corrected chi connectivity index (χ3v) is 3.32. The second-order valence-corrected chi connectivity index (χ2v) is 4.89. The van der Waals surface area contributed by atoms with E-state index in [0.29, 0.717) is 11.3 Å². The van der Waals surface area contributed by atoms with Gasteiger partial charge in [0.2, 0.25) is 5.91 Å². The number of para-hydroxylation sites is 1. The molecule has 0 saturated carbocycles. The molecule has 0 radical (unpaired) electrons. The predicted molar refractivity (Wildman–Crippen MR) is 83.4 cm³/mol. The molecule has 0 aliphatic rings. The lowest BCUT2D eigenvalue weighted by atomic mass is 10.1. The van der Waals surface area contributed by atoms with Gasteiger partial charge in [0.25, 0.3) is 5.91 Å². The molecule has 4 N–H and O–H groups in total. The summed E-state index contributed by atoms with van der Waals surface area (Å²) < 4.78 is 0. The minimum atomic E-state index is -0.574. The highest BCUT2D eigenvalue weighted by Gasteiger charge is 2.11. The van der Waals surface area contributed by atoms with Gasteiger partial charge in [-0.15, -0.1) is 0 Å². The fraction of sp³-hybridized carbons (Fsp3) is 0.0625. The second kappa shape index (κ2) is 5.69. The summed E-state index contributed by atoms with van der Waals surface area (Å²) in [5, 5.41) is 2.72. The van der Waals surface area contributed by atoms with Crippen molar-refractivity contribution in [2.75, 3.05) is 5.32 Å². The molecular formula is C16H14N4O2. The standard InChI is InChI=1S/C16H14N4O2/c17-16(22)11-3-1-2-4-12(11)20-15(21)8-10-5-6-13-14(7-10)19-9-18-13/h1-7,9H,8H2,(H2,17,22)(H,18,19)(H,20,21). The van der Waals surface area contributed by atoms with Crippen molar-refractivity contribution in [2.24, 2.45) is 5.73 Å². The molecule has 6 nitrogen and oxygen atoms in total. The summed E-state index contributed by atoms with van der Waals surface area (Å²) in [6.45, 7) is 0. The van der Waals surface area contributed by atoms with Crippen LogP contribution in [-0.4, -0.2) is 21.8 Å². The quantitative estimate of drug-likeness (QED) is 0.684. The first-order chi connectivity index (χ1) is 10.6. The van der Waals surface area contributed by atoms with E-state index in [2.05, 4.69) is 15.3 Å². The zero-order chi connectivity index (χ0) is 15.5. The topological polar surface area (TPSA) is 101 Å². The summed E-state index contributed by atoms with van der Waals surface area (Å²) in [7, 11) is 0. The van der Waals surface area contributed by atoms with Crippen LogP contribution in [0.1, 0.15) is 15.9 Å². The average molecular weight is 294 g/mol. The van der Waals surface area contributed by atoms with E-state index < -0.39 is 5.91 Å². The van der Waals surface area contributed by atoms with Gasteiger partial charge >= 0.3 is 0 Å². The van der Waals surface area contributed by atoms with Gasteiger partial charge in [0.1, 0.15) is 0 Å². The van der Waals surface area contributed by atoms with Gasteiger partial charge in [-0.1, -0.05) is 18.2 Å². The fourth-order valence-corrected chi connectivity index (χ4v) is 2.28. The van der Waals surface area contributed by atoms with Crippen molar-refractivity contribution in [3.63, 3.8) is 0 Å². The lowest BCUT2D eigenvalue weighted by Gasteiger charge is -2.08. The zero-order valence-electron chi connectivity index (χ0n) is 11.7. The lowest BCUT2D eigenvalue weighted by molar-refractivity contribution is -0.115. The monoisotopic (exact) mass is 294 g/mol. The van der Waals surface area contributed by atoms with Crippen molar-refractivity contribution in [3.05, 3.63) is 59.9 Å². The lowest BCUT2D eigenvalue weighted by Crippen LogP contribution is -2.19. The van der Waals surface area contributed by atoms with E-state index in [1.807, 2.05) is 18.2 Å². The Morgan fingerprint density at radius 1 is 1.18 bits per heavy atom. The SMILES string of the molecule is NC(=O)c1ccccc1NC(=O)Cc1ccc2nc[nH]c2c1. The predicted octanol–water partition coefficient (Wildman–Crippen LogP) is 1.84. The van der Waals surface area contributed by atoms with E-state index in [0.717, 1.165) is 16.6 Å². The molecule has 0 aliphatic heterocycles. The first-order valence-corrected chi connectivity index (χ1v) is 6.74. The molecule has 1 aromatic heterocycles. The largest absolute Gasteiger partial charge is 0.366 e. The number of aromatic amines is 1. The van der Waals surface area contributed by atoms with Crippen molar-refractivity contribution < 1.29 is 9.59 Å². The summed E-state index contributed by atoms with van der Waals surface area (Å²) in [6, 6.07) is 12.2. The Labute approximate surface area is 126 Å². The van der Waals surface area contributed by atoms with Gasteiger partial charge < -0.3 is 16.0 Å². The number of benzene rings is 2. The molecule has 22 heavy (non-hydrogen) atoms. The number of hydrogen-bond donors (Lipinski definition) is 3. The number of aromatic nitrogens is 2. The summed E-state index contributed by atoms with van der Waals surface area (Å²) in [4.78, 5) is 30.6. The van der Waals surface area contributed by atoms with Crippen LogP contribution < -0.4 is 11.1 Å². The highest BCUT2D eigenvalue weighted by Crippen LogP contribution is 2.16. The molecule has 0 bridgehead atoms. The number of nitrogens with one attached hydrogen (secondary N) is 2. The van der Waals surface area contributed by atoms with Crippen LogP contribution in [-0.2, 0) is 11.2 Å². The van der Waals surface area contributed by atoms with Crippen molar-refractivity contribution in [3.8, 4) is 0 Å². The minimum absolute atomic E-state index is 0.196. The van der Waals surface area contributed by atoms with Crippen LogP contribution in [0.2, 0.25) is 0 Å². The molecule has 2 amide bonds. The first kappa shape index (κ1) is 13.8. The first-order valence-electron chi connectivity index (χ1n) is 6.74. The van der Waals surface area contributed by atoms with Crippen molar-refractivity contribution in [1.82, 2.24) is 9.97 Å². The second-order valence-electron chi connectivity index (χ2n) is 4.89. The van der Waals surface area contributed by atoms with Crippen LogP contribution in [0.3, 0.4) is 0 Å². The van der Waals surface area contributed by atoms with Crippen LogP contribution in [0.4, 0.5) is 5.69 Å². The van der Waals surface area contributed by atoms with E-state index in [4.69, 9.17) is 5.73 Å². The van der Waals surface area contributed by atoms with Crippen LogP contribution in [0.25, 0.3) is 11.0 Å². The van der Waals surface area contributed by atoms with Gasteiger partial charge in [0.05, 0.1) is 35.0 Å². The third-order valence-electron chi connectivity index (χ3n) is 3.32. The molecule has 6 heteroatoms. The molecule has 1 heterocycles. The molecule has 0 spiro atoms. The van der Waals surface area contributed by atoms with Crippen molar-refractivity contribution in [2.45, 2.75) is 6.42 Å². The Morgan fingerprint density at radius 2 is 2.00 bits per heavy atom. The molecule has 3 aromatic rings. The fourth-order valence-electron chi connectivity index (χ4n) is 2.28. The number of rotatable bonds is 4. The normalized spacial score (nSPS) is 10.5. The van der Waals surface area contributed by atoms with Gasteiger partial charge in [-0.2, -0.15) is 0 Å². The number of carbonyl (C=O) groups is 2. The maximum Gasteiger partial charge on any atom is 0.250 e. The van der Waals surface area contributed by atoms with Gasteiger partial charge in [-0.05, 0) is 29.8 Å². The van der Waals surface area contributed by atoms with Gasteiger partial charge in [-0.3, -0.25) is 9.59 Å². The minimum Gasteiger partial charge on any atom is -0.366 e. The van der Waals surface area contributed by atoms with Gasteiger partial charge in [0.15, 0.2) is 0 Å². The number of amides is 2. The summed E-state index contributed by atoms with van der Waals surface area (Å²) in [5.74, 6) is -0.789. The maximum atomic E-state index is 12.1. The highest BCUT2D eigenvalue weighted by molar-refractivity contribution is 6.03. The van der Waals surface area contributed by atoms with Crippen LogP contribution in [0.15, 0.2) is 48.8 Å².